The standard InChI is InChI=1S/C16H16N5O3/c17-16(23)21-12-3-1-2-10-14(12)11(8-18-19-15(10)22)13(21)9-20-4-6-24-7-5-20/h2-3,8H,4-7,9H2,(H2,17,23)(H,19,22). The Hall–Kier alpha value is -2.71. The van der Waals surface area contributed by atoms with Crippen molar-refractivity contribution in [3.05, 3.63) is 35.0 Å². The third kappa shape index (κ3) is 2.27. The lowest BCUT2D eigenvalue weighted by Gasteiger charge is -2.27. The van der Waals surface area contributed by atoms with Crippen molar-refractivity contribution < 1.29 is 14.3 Å². The lowest BCUT2D eigenvalue weighted by molar-refractivity contribution is 0.0334. The maximum Gasteiger partial charge on any atom is 0.323 e. The highest BCUT2D eigenvalue weighted by Gasteiger charge is 2.26. The van der Waals surface area contributed by atoms with Crippen LogP contribution in [-0.4, -0.2) is 53.9 Å². The predicted molar refractivity (Wildman–Crippen MR) is 86.9 cm³/mol. The number of hydrazone groups is 1. The number of carbonyl (C=O) groups excluding carboxylic acids is 2. The molecule has 0 spiro atoms. The molecule has 123 valence electrons. The molecule has 2 aliphatic heterocycles. The molecule has 0 atom stereocenters. The molecule has 0 bridgehead atoms. The van der Waals surface area contributed by atoms with Gasteiger partial charge in [0.1, 0.15) is 0 Å². The molecule has 0 saturated carbocycles. The van der Waals surface area contributed by atoms with E-state index in [4.69, 9.17) is 10.5 Å². The monoisotopic (exact) mass is 326 g/mol. The van der Waals surface area contributed by atoms with Crippen molar-refractivity contribution in [3.63, 3.8) is 0 Å². The first-order valence-corrected chi connectivity index (χ1v) is 7.67. The minimum atomic E-state index is -0.588. The molecule has 0 aliphatic carbocycles. The van der Waals surface area contributed by atoms with E-state index in [1.54, 1.807) is 18.3 Å². The van der Waals surface area contributed by atoms with Crippen LogP contribution in [0.15, 0.2) is 17.2 Å². The van der Waals surface area contributed by atoms with Crippen molar-refractivity contribution >= 4 is 29.1 Å². The number of rotatable bonds is 2. The molecule has 1 radical (unpaired) electrons. The average Bonchev–Trinajstić information content (AvgIpc) is 2.78. The lowest BCUT2D eigenvalue weighted by atomic mass is 10.0. The molecular formula is C16H16N5O3. The SMILES string of the molecule is NC(=O)n1c(CN2CCOCC2)c2c3c(c[c]cc31)C(=O)NN=C2. The van der Waals surface area contributed by atoms with Gasteiger partial charge in [-0.2, -0.15) is 5.10 Å². The minimum Gasteiger partial charge on any atom is -0.379 e. The molecule has 3 N–H and O–H groups in total. The summed E-state index contributed by atoms with van der Waals surface area (Å²) < 4.78 is 6.82. The van der Waals surface area contributed by atoms with Crippen molar-refractivity contribution in [1.82, 2.24) is 14.9 Å². The van der Waals surface area contributed by atoms with Crippen molar-refractivity contribution in [3.8, 4) is 0 Å². The van der Waals surface area contributed by atoms with Crippen LogP contribution in [0.25, 0.3) is 10.9 Å². The summed E-state index contributed by atoms with van der Waals surface area (Å²) in [5, 5.41) is 4.65. The molecule has 2 aliphatic rings. The van der Waals surface area contributed by atoms with Crippen LogP contribution in [0, 0.1) is 6.07 Å². The number of hydrogen-bond donors (Lipinski definition) is 2. The molecule has 3 heterocycles. The third-order valence-electron chi connectivity index (χ3n) is 4.37. The number of aromatic nitrogens is 1. The first-order valence-electron chi connectivity index (χ1n) is 7.67. The number of nitrogens with zero attached hydrogens (tertiary/aromatic N) is 3. The summed E-state index contributed by atoms with van der Waals surface area (Å²) in [5.74, 6) is -0.327. The maximum atomic E-state index is 12.2. The van der Waals surface area contributed by atoms with Crippen molar-refractivity contribution in [2.45, 2.75) is 6.54 Å². The Morgan fingerprint density at radius 2 is 2.17 bits per heavy atom. The lowest BCUT2D eigenvalue weighted by Crippen LogP contribution is -2.37. The van der Waals surface area contributed by atoms with Gasteiger partial charge in [-0.3, -0.25) is 14.3 Å². The molecule has 2 aromatic rings. The first-order chi connectivity index (χ1) is 11.7. The van der Waals surface area contributed by atoms with E-state index in [1.165, 1.54) is 4.57 Å². The quantitative estimate of drug-likeness (QED) is 0.827. The predicted octanol–water partition coefficient (Wildman–Crippen LogP) is 0.278. The topological polar surface area (TPSA) is 102 Å². The van der Waals surface area contributed by atoms with Crippen LogP contribution in [0.2, 0.25) is 0 Å². The van der Waals surface area contributed by atoms with Gasteiger partial charge in [-0.1, -0.05) is 0 Å². The molecule has 8 nitrogen and oxygen atoms in total. The fraction of sp³-hybridized carbons (Fsp3) is 0.312. The number of morpholine rings is 1. The Labute approximate surface area is 137 Å². The Morgan fingerprint density at radius 1 is 1.38 bits per heavy atom. The van der Waals surface area contributed by atoms with Crippen molar-refractivity contribution in [2.75, 3.05) is 26.3 Å². The van der Waals surface area contributed by atoms with E-state index in [1.807, 2.05) is 0 Å². The van der Waals surface area contributed by atoms with E-state index in [-0.39, 0.29) is 5.91 Å². The normalized spacial score (nSPS) is 17.8. The van der Waals surface area contributed by atoms with Crippen molar-refractivity contribution in [2.24, 2.45) is 10.8 Å². The van der Waals surface area contributed by atoms with Crippen LogP contribution in [0.1, 0.15) is 21.6 Å². The van der Waals surface area contributed by atoms with E-state index in [9.17, 15) is 9.59 Å². The van der Waals surface area contributed by atoms with Crippen LogP contribution in [0.3, 0.4) is 0 Å². The zero-order chi connectivity index (χ0) is 16.7. The van der Waals surface area contributed by atoms with E-state index < -0.39 is 6.03 Å². The fourth-order valence-corrected chi connectivity index (χ4v) is 3.27. The van der Waals surface area contributed by atoms with Gasteiger partial charge >= 0.3 is 6.03 Å². The van der Waals surface area contributed by atoms with Gasteiger partial charge in [0, 0.05) is 30.6 Å². The van der Waals surface area contributed by atoms with E-state index >= 15 is 0 Å². The molecule has 4 rings (SSSR count). The third-order valence-corrected chi connectivity index (χ3v) is 4.37. The highest BCUT2D eigenvalue weighted by atomic mass is 16.5. The molecule has 1 aromatic carbocycles. The molecule has 8 heteroatoms. The molecular weight excluding hydrogens is 310 g/mol. The zero-order valence-corrected chi connectivity index (χ0v) is 12.9. The fourth-order valence-electron chi connectivity index (χ4n) is 3.27. The number of benzene rings is 1. The van der Waals surface area contributed by atoms with Gasteiger partial charge < -0.3 is 10.5 Å². The number of hydrogen-bond acceptors (Lipinski definition) is 5. The van der Waals surface area contributed by atoms with E-state index in [0.29, 0.717) is 36.2 Å². The molecule has 1 fully saturated rings. The van der Waals surface area contributed by atoms with Crippen LogP contribution >= 0.6 is 0 Å². The summed E-state index contributed by atoms with van der Waals surface area (Å²) in [6.45, 7) is 3.37. The number of carbonyl (C=O) groups is 2. The Balaban J connectivity index is 1.94. The number of amides is 2. The maximum absolute atomic E-state index is 12.2. The van der Waals surface area contributed by atoms with Crippen LogP contribution in [0.4, 0.5) is 4.79 Å². The smallest absolute Gasteiger partial charge is 0.323 e. The highest BCUT2D eigenvalue weighted by molar-refractivity contribution is 6.16. The first kappa shape index (κ1) is 14.9. The summed E-state index contributed by atoms with van der Waals surface area (Å²) in [4.78, 5) is 26.4. The summed E-state index contributed by atoms with van der Waals surface area (Å²) in [5.41, 5.74) is 10.5. The molecule has 0 unspecified atom stereocenters. The van der Waals surface area contributed by atoms with Crippen LogP contribution in [0.5, 0.6) is 0 Å². The Morgan fingerprint density at radius 3 is 2.92 bits per heavy atom. The number of nitrogens with two attached hydrogens (primary N) is 1. The molecule has 2 amide bonds. The number of ether oxygens (including phenoxy) is 1. The largest absolute Gasteiger partial charge is 0.379 e. The van der Waals surface area contributed by atoms with E-state index in [2.05, 4.69) is 21.5 Å². The van der Waals surface area contributed by atoms with Gasteiger partial charge in [0.2, 0.25) is 0 Å². The molecule has 1 saturated heterocycles. The Kier molecular flexibility index (Phi) is 3.55. The van der Waals surface area contributed by atoms with Gasteiger partial charge in [0.05, 0.1) is 36.2 Å². The highest BCUT2D eigenvalue weighted by Crippen LogP contribution is 2.30. The summed E-state index contributed by atoms with van der Waals surface area (Å²) in [6.07, 6.45) is 1.58. The van der Waals surface area contributed by atoms with Crippen LogP contribution < -0.4 is 11.2 Å². The van der Waals surface area contributed by atoms with Gasteiger partial charge in [-0.15, -0.1) is 0 Å². The van der Waals surface area contributed by atoms with Gasteiger partial charge in [0.25, 0.3) is 5.91 Å². The van der Waals surface area contributed by atoms with Crippen molar-refractivity contribution in [1.29, 1.82) is 0 Å². The van der Waals surface area contributed by atoms with E-state index in [0.717, 1.165) is 24.3 Å². The summed E-state index contributed by atoms with van der Waals surface area (Å²) in [6, 6.07) is 5.59. The Bertz CT molecular complexity index is 864. The average molecular weight is 326 g/mol. The van der Waals surface area contributed by atoms with Gasteiger partial charge in [0.15, 0.2) is 0 Å². The van der Waals surface area contributed by atoms with Gasteiger partial charge in [-0.05, 0) is 18.2 Å². The number of nitrogens with one attached hydrogen (secondary N) is 1. The summed E-state index contributed by atoms with van der Waals surface area (Å²) >= 11 is 0. The minimum absolute atomic E-state index is 0.327. The molecule has 24 heavy (non-hydrogen) atoms. The second-order valence-electron chi connectivity index (χ2n) is 5.75. The summed E-state index contributed by atoms with van der Waals surface area (Å²) in [7, 11) is 0. The van der Waals surface area contributed by atoms with Gasteiger partial charge in [-0.25, -0.2) is 10.2 Å². The second-order valence-corrected chi connectivity index (χ2v) is 5.75. The van der Waals surface area contributed by atoms with Crippen LogP contribution in [-0.2, 0) is 11.3 Å². The zero-order valence-electron chi connectivity index (χ0n) is 12.9. The molecule has 1 aromatic heterocycles. The number of primary amides is 1. The second kappa shape index (κ2) is 5.73.